The normalized spacial score (nSPS) is 10.7. The van der Waals surface area contributed by atoms with Crippen LogP contribution in [-0.4, -0.2) is 49.9 Å². The first kappa shape index (κ1) is 46.5. The van der Waals surface area contributed by atoms with Gasteiger partial charge in [-0.2, -0.15) is 0 Å². The first-order valence-electron chi connectivity index (χ1n) is 22.0. The Morgan fingerprint density at radius 2 is 0.940 bits per heavy atom. The number of aryl methyl sites for hydroxylation is 2. The number of ether oxygens (including phenoxy) is 2. The predicted octanol–water partition coefficient (Wildman–Crippen LogP) is 9.67. The molecule has 4 amide bonds. The average Bonchev–Trinajstić information content (AvgIpc) is 3.98. The number of carbonyl (C=O) groups is 4. The van der Waals surface area contributed by atoms with Gasteiger partial charge in [-0.3, -0.25) is 19.2 Å². The highest BCUT2D eigenvalue weighted by Gasteiger charge is 2.15. The minimum absolute atomic E-state index is 0.260. The minimum atomic E-state index is -0.292. The van der Waals surface area contributed by atoms with Gasteiger partial charge in [0.2, 0.25) is 0 Å². The third-order valence-electron chi connectivity index (χ3n) is 10.5. The predicted molar refractivity (Wildman–Crippen MR) is 262 cm³/mol. The average molecular weight is 901 g/mol. The lowest BCUT2D eigenvalue weighted by atomic mass is 10.1. The Bertz CT molecular complexity index is 2980. The van der Waals surface area contributed by atoms with Gasteiger partial charge in [0.25, 0.3) is 23.6 Å². The molecule has 0 atom stereocenters. The summed E-state index contributed by atoms with van der Waals surface area (Å²) in [5.41, 5.74) is 18.6. The van der Waals surface area contributed by atoms with E-state index in [-0.39, 0.29) is 48.4 Å². The lowest BCUT2D eigenvalue weighted by Crippen LogP contribution is -2.27. The molecular weight excluding hydrogens is 849 g/mol. The van der Waals surface area contributed by atoms with Gasteiger partial charge in [-0.15, -0.1) is 0 Å². The molecule has 67 heavy (non-hydrogen) atoms. The first-order chi connectivity index (χ1) is 32.6. The molecule has 0 spiro atoms. The van der Waals surface area contributed by atoms with Crippen molar-refractivity contribution in [2.24, 2.45) is 0 Å². The van der Waals surface area contributed by atoms with Crippen LogP contribution >= 0.6 is 0 Å². The molecule has 2 aromatic heterocycles. The molecule has 0 bridgehead atoms. The molecular formula is C53H52N6O8. The number of carbonyl (C=O) groups excluding carboxylic acids is 4. The van der Waals surface area contributed by atoms with Gasteiger partial charge in [0, 0.05) is 21.9 Å². The number of rotatable bonds is 17. The maximum Gasteiger partial charge on any atom is 0.287 e. The second-order valence-corrected chi connectivity index (χ2v) is 15.4. The molecule has 0 radical (unpaired) electrons. The summed E-state index contributed by atoms with van der Waals surface area (Å²) in [7, 11) is 0. The molecule has 8 rings (SSSR count). The SMILES string of the molecule is CCCc1ccc2oc(C(=O)NCCOc3ccc(C(=O)Nc4ccccc4N)cc3)cc2c1.CCc1ccc2oc(C(=O)NCCOc3ccc(C(=O)Nc4ccccc4N)cc3)cc2c1. The number of furan rings is 2. The van der Waals surface area contributed by atoms with Crippen LogP contribution in [0.4, 0.5) is 22.7 Å². The number of nitrogens with two attached hydrogens (primary N) is 2. The molecule has 342 valence electrons. The second kappa shape index (κ2) is 22.4. The number of fused-ring (bicyclic) bond motifs is 2. The monoisotopic (exact) mass is 900 g/mol. The molecule has 6 aromatic carbocycles. The van der Waals surface area contributed by atoms with Gasteiger partial charge in [-0.05, 0) is 133 Å². The van der Waals surface area contributed by atoms with Crippen LogP contribution in [0.15, 0.2) is 154 Å². The van der Waals surface area contributed by atoms with Gasteiger partial charge < -0.3 is 51.0 Å². The summed E-state index contributed by atoms with van der Waals surface area (Å²) in [5, 5.41) is 13.0. The molecule has 14 nitrogen and oxygen atoms in total. The molecule has 0 fully saturated rings. The molecule has 0 saturated carbocycles. The lowest BCUT2D eigenvalue weighted by molar-refractivity contribution is 0.0914. The van der Waals surface area contributed by atoms with E-state index in [9.17, 15) is 19.2 Å². The van der Waals surface area contributed by atoms with Crippen LogP contribution in [0, 0.1) is 0 Å². The van der Waals surface area contributed by atoms with E-state index in [0.29, 0.717) is 69.6 Å². The third kappa shape index (κ3) is 12.6. The summed E-state index contributed by atoms with van der Waals surface area (Å²) >= 11 is 0. The zero-order valence-electron chi connectivity index (χ0n) is 37.2. The zero-order valence-corrected chi connectivity index (χ0v) is 37.2. The van der Waals surface area contributed by atoms with Crippen LogP contribution in [-0.2, 0) is 12.8 Å². The quantitative estimate of drug-likeness (QED) is 0.0376. The molecule has 0 aliphatic carbocycles. The Morgan fingerprint density at radius 3 is 1.37 bits per heavy atom. The van der Waals surface area contributed by atoms with Gasteiger partial charge >= 0.3 is 0 Å². The van der Waals surface area contributed by atoms with Crippen molar-refractivity contribution in [1.29, 1.82) is 0 Å². The van der Waals surface area contributed by atoms with Crippen LogP contribution in [0.25, 0.3) is 21.9 Å². The number of nitrogen functional groups attached to an aromatic ring is 2. The molecule has 14 heteroatoms. The minimum Gasteiger partial charge on any atom is -0.492 e. The topological polar surface area (TPSA) is 213 Å². The molecule has 0 saturated heterocycles. The Balaban J connectivity index is 0.000000199. The van der Waals surface area contributed by atoms with E-state index in [1.165, 1.54) is 11.1 Å². The van der Waals surface area contributed by atoms with Gasteiger partial charge in [0.1, 0.15) is 35.9 Å². The fourth-order valence-electron chi connectivity index (χ4n) is 6.93. The van der Waals surface area contributed by atoms with Crippen LogP contribution in [0.2, 0.25) is 0 Å². The highest BCUT2D eigenvalue weighted by atomic mass is 16.5. The maximum absolute atomic E-state index is 12.4. The summed E-state index contributed by atoms with van der Waals surface area (Å²) in [6.07, 6.45) is 2.98. The van der Waals surface area contributed by atoms with Crippen molar-refractivity contribution in [3.05, 3.63) is 179 Å². The lowest BCUT2D eigenvalue weighted by Gasteiger charge is -2.09. The van der Waals surface area contributed by atoms with Crippen molar-refractivity contribution in [2.45, 2.75) is 33.1 Å². The summed E-state index contributed by atoms with van der Waals surface area (Å²) in [6.45, 7) is 5.39. The smallest absolute Gasteiger partial charge is 0.287 e. The number of benzene rings is 6. The Labute approximate surface area is 387 Å². The highest BCUT2D eigenvalue weighted by molar-refractivity contribution is 6.06. The van der Waals surface area contributed by atoms with Crippen molar-refractivity contribution < 1.29 is 37.5 Å². The van der Waals surface area contributed by atoms with E-state index >= 15 is 0 Å². The van der Waals surface area contributed by atoms with Crippen molar-refractivity contribution >= 4 is 68.3 Å². The maximum atomic E-state index is 12.4. The highest BCUT2D eigenvalue weighted by Crippen LogP contribution is 2.24. The van der Waals surface area contributed by atoms with E-state index in [4.69, 9.17) is 29.8 Å². The third-order valence-corrected chi connectivity index (χ3v) is 10.5. The van der Waals surface area contributed by atoms with Crippen molar-refractivity contribution in [3.8, 4) is 11.5 Å². The zero-order chi connectivity index (χ0) is 47.1. The molecule has 2 heterocycles. The van der Waals surface area contributed by atoms with Crippen molar-refractivity contribution in [2.75, 3.05) is 48.4 Å². The number of para-hydroxylation sites is 4. The molecule has 0 unspecified atom stereocenters. The van der Waals surface area contributed by atoms with Crippen molar-refractivity contribution in [1.82, 2.24) is 10.6 Å². The Morgan fingerprint density at radius 1 is 0.507 bits per heavy atom. The van der Waals surface area contributed by atoms with Crippen LogP contribution < -0.4 is 42.2 Å². The van der Waals surface area contributed by atoms with Crippen LogP contribution in [0.5, 0.6) is 11.5 Å². The van der Waals surface area contributed by atoms with E-state index in [2.05, 4.69) is 41.2 Å². The van der Waals surface area contributed by atoms with E-state index in [0.717, 1.165) is 30.0 Å². The number of amides is 4. The number of nitrogens with one attached hydrogen (secondary N) is 4. The fraction of sp³-hybridized carbons (Fsp3) is 0.170. The number of anilines is 4. The van der Waals surface area contributed by atoms with Crippen LogP contribution in [0.1, 0.15) is 73.2 Å². The van der Waals surface area contributed by atoms with Crippen LogP contribution in [0.3, 0.4) is 0 Å². The summed E-state index contributed by atoms with van der Waals surface area (Å²) in [4.78, 5) is 49.6. The largest absolute Gasteiger partial charge is 0.492 e. The van der Waals surface area contributed by atoms with Gasteiger partial charge in [-0.25, -0.2) is 0 Å². The van der Waals surface area contributed by atoms with E-state index in [1.54, 1.807) is 109 Å². The van der Waals surface area contributed by atoms with Gasteiger partial charge in [0.05, 0.1) is 35.8 Å². The molecule has 0 aliphatic rings. The molecule has 0 aliphatic heterocycles. The fourth-order valence-corrected chi connectivity index (χ4v) is 6.93. The van der Waals surface area contributed by atoms with Crippen molar-refractivity contribution in [3.63, 3.8) is 0 Å². The summed E-state index contributed by atoms with van der Waals surface area (Å²) in [5.74, 6) is 0.635. The first-order valence-corrected chi connectivity index (χ1v) is 22.0. The molecule has 8 aromatic rings. The summed E-state index contributed by atoms with van der Waals surface area (Å²) in [6, 6.07) is 43.0. The summed E-state index contributed by atoms with van der Waals surface area (Å²) < 4.78 is 22.6. The van der Waals surface area contributed by atoms with E-state index in [1.807, 2.05) is 30.3 Å². The number of hydrogen-bond acceptors (Lipinski definition) is 10. The van der Waals surface area contributed by atoms with Gasteiger partial charge in [-0.1, -0.05) is 56.7 Å². The van der Waals surface area contributed by atoms with Gasteiger partial charge in [0.15, 0.2) is 11.5 Å². The standard InChI is InChI=1S/C27H27N3O4.C26H25N3O4/c1-2-5-18-8-13-24-20(16-18)17-25(34-24)27(32)29-14-15-33-21-11-9-19(10-12-21)26(31)30-23-7-4-3-6-22(23)28;1-2-17-7-12-23-19(15-17)16-24(33-23)26(31)28-13-14-32-20-10-8-18(9-11-20)25(30)29-22-6-4-3-5-21(22)27/h3-4,6-13,16-17H,2,5,14-15,28H2,1H3,(H,29,32)(H,30,31);3-12,15-16H,2,13-14,27H2,1H3,(H,28,31)(H,29,30). The Hall–Kier alpha value is -8.52. The second-order valence-electron chi connectivity index (χ2n) is 15.4. The van der Waals surface area contributed by atoms with E-state index < -0.39 is 0 Å². The molecule has 8 N–H and O–H groups in total. The number of hydrogen-bond donors (Lipinski definition) is 6. The Kier molecular flexibility index (Phi) is 15.5.